The van der Waals surface area contributed by atoms with Crippen molar-refractivity contribution in [3.63, 3.8) is 0 Å². The highest BCUT2D eigenvalue weighted by atomic mass is 19.1. The molecule has 0 radical (unpaired) electrons. The standard InChI is InChI=1S/C16H17F2NO/c1-9-8-15(20)10(2)7-14(9)19-11(3)16-12(17)5-4-6-13(16)18/h4-8,11,19-20H,1-3H3. The molecule has 0 aliphatic rings. The molecule has 0 aliphatic carbocycles. The minimum absolute atomic E-state index is 0.0117. The fraction of sp³-hybridized carbons (Fsp3) is 0.250. The van der Waals surface area contributed by atoms with Crippen molar-refractivity contribution in [1.82, 2.24) is 0 Å². The first-order valence-electron chi connectivity index (χ1n) is 6.40. The third-order valence-electron chi connectivity index (χ3n) is 3.35. The van der Waals surface area contributed by atoms with Crippen LogP contribution in [0.1, 0.15) is 29.7 Å². The first-order valence-corrected chi connectivity index (χ1v) is 6.40. The molecule has 2 rings (SSSR count). The summed E-state index contributed by atoms with van der Waals surface area (Å²) in [6, 6.07) is 6.70. The van der Waals surface area contributed by atoms with Crippen LogP contribution in [0.25, 0.3) is 0 Å². The van der Waals surface area contributed by atoms with Crippen LogP contribution in [0.15, 0.2) is 30.3 Å². The number of aryl methyl sites for hydroxylation is 2. The Morgan fingerprint density at radius 1 is 1.05 bits per heavy atom. The lowest BCUT2D eigenvalue weighted by atomic mass is 10.0. The summed E-state index contributed by atoms with van der Waals surface area (Å²) in [5.41, 5.74) is 2.28. The summed E-state index contributed by atoms with van der Waals surface area (Å²) in [6.07, 6.45) is 0. The van der Waals surface area contributed by atoms with Crippen LogP contribution in [-0.4, -0.2) is 5.11 Å². The summed E-state index contributed by atoms with van der Waals surface area (Å²) in [5.74, 6) is -0.936. The molecule has 1 unspecified atom stereocenters. The maximum absolute atomic E-state index is 13.7. The Morgan fingerprint density at radius 2 is 1.65 bits per heavy atom. The molecule has 106 valence electrons. The molecule has 2 aromatic carbocycles. The van der Waals surface area contributed by atoms with E-state index in [0.717, 1.165) is 11.3 Å². The van der Waals surface area contributed by atoms with Crippen molar-refractivity contribution < 1.29 is 13.9 Å². The molecule has 2 N–H and O–H groups in total. The number of nitrogens with one attached hydrogen (secondary N) is 1. The zero-order valence-electron chi connectivity index (χ0n) is 11.7. The second-order valence-electron chi connectivity index (χ2n) is 4.95. The van der Waals surface area contributed by atoms with Crippen molar-refractivity contribution in [3.8, 4) is 5.75 Å². The molecule has 0 amide bonds. The first kappa shape index (κ1) is 14.3. The van der Waals surface area contributed by atoms with Gasteiger partial charge in [-0.3, -0.25) is 0 Å². The first-order chi connectivity index (χ1) is 9.40. The Kier molecular flexibility index (Phi) is 3.93. The van der Waals surface area contributed by atoms with Gasteiger partial charge in [-0.1, -0.05) is 6.07 Å². The molecule has 4 heteroatoms. The van der Waals surface area contributed by atoms with Gasteiger partial charge in [0, 0.05) is 11.3 Å². The van der Waals surface area contributed by atoms with Crippen LogP contribution in [0.3, 0.4) is 0 Å². The minimum atomic E-state index is -0.571. The zero-order chi connectivity index (χ0) is 14.9. The van der Waals surface area contributed by atoms with E-state index in [2.05, 4.69) is 5.32 Å². The van der Waals surface area contributed by atoms with Crippen LogP contribution >= 0.6 is 0 Å². The van der Waals surface area contributed by atoms with Crippen LogP contribution < -0.4 is 5.32 Å². The van der Waals surface area contributed by atoms with Gasteiger partial charge in [0.15, 0.2) is 0 Å². The Hall–Kier alpha value is -2.10. The second-order valence-corrected chi connectivity index (χ2v) is 4.95. The predicted octanol–water partition coefficient (Wildman–Crippen LogP) is 4.46. The lowest BCUT2D eigenvalue weighted by Crippen LogP contribution is -2.11. The molecule has 1 atom stereocenters. The molecule has 2 nitrogen and oxygen atoms in total. The van der Waals surface area contributed by atoms with Gasteiger partial charge in [-0.05, 0) is 56.2 Å². The number of phenols is 1. The fourth-order valence-electron chi connectivity index (χ4n) is 2.19. The van der Waals surface area contributed by atoms with Crippen molar-refractivity contribution in [2.45, 2.75) is 26.8 Å². The normalized spacial score (nSPS) is 12.2. The van der Waals surface area contributed by atoms with E-state index in [-0.39, 0.29) is 11.3 Å². The average Bonchev–Trinajstić information content (AvgIpc) is 2.35. The predicted molar refractivity (Wildman–Crippen MR) is 76.0 cm³/mol. The molecule has 0 spiro atoms. The van der Waals surface area contributed by atoms with Gasteiger partial charge in [0.2, 0.25) is 0 Å². The summed E-state index contributed by atoms with van der Waals surface area (Å²) < 4.78 is 27.5. The van der Waals surface area contributed by atoms with Gasteiger partial charge in [0.25, 0.3) is 0 Å². The Labute approximate surface area is 117 Å². The Bertz CT molecular complexity index is 620. The SMILES string of the molecule is Cc1cc(NC(C)c2c(F)cccc2F)c(C)cc1O. The van der Waals surface area contributed by atoms with Crippen molar-refractivity contribution in [2.24, 2.45) is 0 Å². The van der Waals surface area contributed by atoms with Gasteiger partial charge in [0.1, 0.15) is 17.4 Å². The van der Waals surface area contributed by atoms with E-state index in [0.29, 0.717) is 5.56 Å². The third-order valence-corrected chi connectivity index (χ3v) is 3.35. The number of aromatic hydroxyl groups is 1. The average molecular weight is 277 g/mol. The molecule has 2 aromatic rings. The Morgan fingerprint density at radius 3 is 2.25 bits per heavy atom. The number of benzene rings is 2. The second kappa shape index (κ2) is 5.49. The van der Waals surface area contributed by atoms with E-state index >= 15 is 0 Å². The summed E-state index contributed by atoms with van der Waals surface area (Å²) in [4.78, 5) is 0. The Balaban J connectivity index is 2.33. The molecule has 20 heavy (non-hydrogen) atoms. The number of hydrogen-bond donors (Lipinski definition) is 2. The summed E-state index contributed by atoms with van der Waals surface area (Å²) in [6.45, 7) is 5.29. The quantitative estimate of drug-likeness (QED) is 0.812. The minimum Gasteiger partial charge on any atom is -0.508 e. The van der Waals surface area contributed by atoms with Gasteiger partial charge in [-0.25, -0.2) is 8.78 Å². The van der Waals surface area contributed by atoms with Crippen LogP contribution in [-0.2, 0) is 0 Å². The van der Waals surface area contributed by atoms with Gasteiger partial charge < -0.3 is 10.4 Å². The lowest BCUT2D eigenvalue weighted by Gasteiger charge is -2.19. The maximum Gasteiger partial charge on any atom is 0.131 e. The third kappa shape index (κ3) is 2.74. The highest BCUT2D eigenvalue weighted by molar-refractivity contribution is 5.57. The number of rotatable bonds is 3. The van der Waals surface area contributed by atoms with E-state index in [4.69, 9.17) is 0 Å². The fourth-order valence-corrected chi connectivity index (χ4v) is 2.19. The van der Waals surface area contributed by atoms with Crippen molar-refractivity contribution in [2.75, 3.05) is 5.32 Å². The molecule has 0 saturated carbocycles. The smallest absolute Gasteiger partial charge is 0.131 e. The van der Waals surface area contributed by atoms with E-state index < -0.39 is 17.7 Å². The number of halogens is 2. The summed E-state index contributed by atoms with van der Waals surface area (Å²) in [7, 11) is 0. The highest BCUT2D eigenvalue weighted by Gasteiger charge is 2.16. The largest absolute Gasteiger partial charge is 0.508 e. The van der Waals surface area contributed by atoms with E-state index in [1.54, 1.807) is 26.0 Å². The van der Waals surface area contributed by atoms with Crippen molar-refractivity contribution in [3.05, 3.63) is 58.7 Å². The molecular formula is C16H17F2NO. The van der Waals surface area contributed by atoms with Crippen molar-refractivity contribution in [1.29, 1.82) is 0 Å². The van der Waals surface area contributed by atoms with Gasteiger partial charge in [0.05, 0.1) is 6.04 Å². The van der Waals surface area contributed by atoms with Crippen LogP contribution in [0, 0.1) is 25.5 Å². The van der Waals surface area contributed by atoms with Gasteiger partial charge in [-0.2, -0.15) is 0 Å². The molecule has 0 saturated heterocycles. The molecule has 0 aliphatic heterocycles. The summed E-state index contributed by atoms with van der Waals surface area (Å²) in [5, 5.41) is 12.7. The topological polar surface area (TPSA) is 32.3 Å². The number of hydrogen-bond acceptors (Lipinski definition) is 2. The maximum atomic E-state index is 13.7. The molecule has 0 heterocycles. The van der Waals surface area contributed by atoms with Gasteiger partial charge in [-0.15, -0.1) is 0 Å². The molecule has 0 bridgehead atoms. The van der Waals surface area contributed by atoms with E-state index in [1.807, 2.05) is 6.92 Å². The molecule has 0 fully saturated rings. The molecular weight excluding hydrogens is 260 g/mol. The summed E-state index contributed by atoms with van der Waals surface area (Å²) >= 11 is 0. The van der Waals surface area contributed by atoms with Gasteiger partial charge >= 0.3 is 0 Å². The van der Waals surface area contributed by atoms with Crippen molar-refractivity contribution >= 4 is 5.69 Å². The zero-order valence-corrected chi connectivity index (χ0v) is 11.7. The van der Waals surface area contributed by atoms with Crippen LogP contribution in [0.4, 0.5) is 14.5 Å². The van der Waals surface area contributed by atoms with E-state index in [1.165, 1.54) is 18.2 Å². The van der Waals surface area contributed by atoms with Crippen LogP contribution in [0.2, 0.25) is 0 Å². The van der Waals surface area contributed by atoms with Crippen LogP contribution in [0.5, 0.6) is 5.75 Å². The van der Waals surface area contributed by atoms with E-state index in [9.17, 15) is 13.9 Å². The lowest BCUT2D eigenvalue weighted by molar-refractivity contribution is 0.470. The monoisotopic (exact) mass is 277 g/mol. The molecule has 0 aromatic heterocycles. The highest BCUT2D eigenvalue weighted by Crippen LogP contribution is 2.29. The number of phenolic OH excluding ortho intramolecular Hbond substituents is 1. The number of anilines is 1.